The Balaban J connectivity index is 2.33. The van der Waals surface area contributed by atoms with Crippen LogP contribution in [0.1, 0.15) is 22.8 Å². The van der Waals surface area contributed by atoms with Crippen molar-refractivity contribution in [2.24, 2.45) is 0 Å². The molecule has 3 N–H and O–H groups in total. The van der Waals surface area contributed by atoms with Gasteiger partial charge in [0.1, 0.15) is 0 Å². The Morgan fingerprint density at radius 3 is 2.60 bits per heavy atom. The molecule has 0 bridgehead atoms. The number of ketones is 1. The van der Waals surface area contributed by atoms with E-state index in [0.29, 0.717) is 16.3 Å². The highest BCUT2D eigenvalue weighted by Crippen LogP contribution is 2.32. The zero-order valence-corrected chi connectivity index (χ0v) is 13.5. The Morgan fingerprint density at radius 2 is 2.00 bits per heavy atom. The number of carbonyl (C=O) groups excluding carboxylic acids is 1. The first-order valence-electron chi connectivity index (χ1n) is 6.01. The smallest absolute Gasteiger partial charge is 0.161 e. The molecule has 0 saturated heterocycles. The molecule has 0 heterocycles. The van der Waals surface area contributed by atoms with Crippen molar-refractivity contribution in [1.82, 2.24) is 0 Å². The summed E-state index contributed by atoms with van der Waals surface area (Å²) in [5.74, 6) is -0.0476. The summed E-state index contributed by atoms with van der Waals surface area (Å²) in [4.78, 5) is 11.3. The molecule has 0 aliphatic heterocycles. The molecule has 0 spiro atoms. The number of aryl methyl sites for hydroxylation is 1. The number of rotatable bonds is 3. The number of hydrogen-bond acceptors (Lipinski definition) is 3. The van der Waals surface area contributed by atoms with Gasteiger partial charge < -0.3 is 11.1 Å². The van der Waals surface area contributed by atoms with Gasteiger partial charge in [0.05, 0.1) is 5.69 Å². The molecule has 0 fully saturated rings. The van der Waals surface area contributed by atoms with E-state index in [2.05, 4.69) is 21.2 Å². The topological polar surface area (TPSA) is 55.1 Å². The van der Waals surface area contributed by atoms with Crippen molar-refractivity contribution in [3.05, 3.63) is 51.0 Å². The summed E-state index contributed by atoms with van der Waals surface area (Å²) >= 11 is 9.61. The SMILES string of the molecule is CC(=O)c1ccc(Nc2cc(Cl)c(C)cc2Br)cc1N. The standard InChI is InChI=1S/C15H14BrClN2O/c1-8-5-12(16)15(7-13(8)17)19-10-3-4-11(9(2)20)14(18)6-10/h3-7,19H,18H2,1-2H3. The Labute approximate surface area is 131 Å². The number of nitrogens with two attached hydrogens (primary N) is 1. The number of Topliss-reactive ketones (excluding diaryl/α,β-unsaturated/α-hetero) is 1. The number of anilines is 3. The van der Waals surface area contributed by atoms with Crippen LogP contribution >= 0.6 is 27.5 Å². The van der Waals surface area contributed by atoms with Crippen LogP contribution in [0.5, 0.6) is 0 Å². The van der Waals surface area contributed by atoms with Gasteiger partial charge in [-0.1, -0.05) is 11.6 Å². The number of benzene rings is 2. The zero-order chi connectivity index (χ0) is 14.9. The fraction of sp³-hybridized carbons (Fsp3) is 0.133. The third kappa shape index (κ3) is 3.14. The van der Waals surface area contributed by atoms with Crippen LogP contribution in [0, 0.1) is 6.92 Å². The monoisotopic (exact) mass is 352 g/mol. The molecule has 3 nitrogen and oxygen atoms in total. The molecule has 2 rings (SSSR count). The Bertz CT molecular complexity index is 686. The van der Waals surface area contributed by atoms with Crippen molar-refractivity contribution in [1.29, 1.82) is 0 Å². The van der Waals surface area contributed by atoms with Crippen LogP contribution in [0.15, 0.2) is 34.8 Å². The molecule has 0 aliphatic carbocycles. The molecule has 2 aromatic rings. The van der Waals surface area contributed by atoms with Gasteiger partial charge >= 0.3 is 0 Å². The van der Waals surface area contributed by atoms with Crippen molar-refractivity contribution >= 4 is 50.4 Å². The van der Waals surface area contributed by atoms with Crippen LogP contribution in [0.3, 0.4) is 0 Å². The fourth-order valence-corrected chi connectivity index (χ4v) is 2.58. The summed E-state index contributed by atoms with van der Waals surface area (Å²) in [6, 6.07) is 9.04. The molecular weight excluding hydrogens is 340 g/mol. The van der Waals surface area contributed by atoms with E-state index in [1.54, 1.807) is 12.1 Å². The summed E-state index contributed by atoms with van der Waals surface area (Å²) in [6.07, 6.45) is 0. The van der Waals surface area contributed by atoms with E-state index in [-0.39, 0.29) is 5.78 Å². The van der Waals surface area contributed by atoms with Gasteiger partial charge in [0, 0.05) is 26.4 Å². The fourth-order valence-electron chi connectivity index (χ4n) is 1.86. The molecule has 20 heavy (non-hydrogen) atoms. The van der Waals surface area contributed by atoms with Crippen molar-refractivity contribution in [2.75, 3.05) is 11.1 Å². The van der Waals surface area contributed by atoms with Gasteiger partial charge in [0.2, 0.25) is 0 Å². The summed E-state index contributed by atoms with van der Waals surface area (Å²) in [7, 11) is 0. The van der Waals surface area contributed by atoms with Gasteiger partial charge in [-0.15, -0.1) is 0 Å². The maximum atomic E-state index is 11.3. The number of halogens is 2. The van der Waals surface area contributed by atoms with Gasteiger partial charge in [-0.05, 0) is 65.7 Å². The lowest BCUT2D eigenvalue weighted by molar-refractivity contribution is 0.101. The van der Waals surface area contributed by atoms with Crippen LogP contribution in [-0.4, -0.2) is 5.78 Å². The predicted molar refractivity (Wildman–Crippen MR) is 88.0 cm³/mol. The third-order valence-corrected chi connectivity index (χ3v) is 4.02. The number of nitrogen functional groups attached to an aromatic ring is 1. The van der Waals surface area contributed by atoms with Crippen LogP contribution in [0.4, 0.5) is 17.1 Å². The van der Waals surface area contributed by atoms with Gasteiger partial charge in [0.25, 0.3) is 0 Å². The largest absolute Gasteiger partial charge is 0.398 e. The first-order valence-corrected chi connectivity index (χ1v) is 7.18. The summed E-state index contributed by atoms with van der Waals surface area (Å²) < 4.78 is 0.911. The minimum absolute atomic E-state index is 0.0476. The van der Waals surface area contributed by atoms with Crippen molar-refractivity contribution in [3.63, 3.8) is 0 Å². The average molecular weight is 354 g/mol. The van der Waals surface area contributed by atoms with E-state index in [1.807, 2.05) is 25.1 Å². The summed E-state index contributed by atoms with van der Waals surface area (Å²) in [5.41, 5.74) is 9.49. The van der Waals surface area contributed by atoms with E-state index in [9.17, 15) is 4.79 Å². The van der Waals surface area contributed by atoms with Crippen LogP contribution in [-0.2, 0) is 0 Å². The normalized spacial score (nSPS) is 10.4. The van der Waals surface area contributed by atoms with Gasteiger partial charge in [-0.2, -0.15) is 0 Å². The molecule has 0 radical (unpaired) electrons. The highest BCUT2D eigenvalue weighted by molar-refractivity contribution is 9.10. The van der Waals surface area contributed by atoms with Crippen LogP contribution in [0.2, 0.25) is 5.02 Å². The lowest BCUT2D eigenvalue weighted by atomic mass is 10.1. The number of carbonyl (C=O) groups is 1. The molecule has 5 heteroatoms. The van der Waals surface area contributed by atoms with Gasteiger partial charge in [-0.25, -0.2) is 0 Å². The highest BCUT2D eigenvalue weighted by atomic mass is 79.9. The van der Waals surface area contributed by atoms with E-state index in [0.717, 1.165) is 21.4 Å². The Kier molecular flexibility index (Phi) is 4.35. The predicted octanol–water partition coefficient (Wildman–Crippen LogP) is 4.94. The molecule has 0 amide bonds. The van der Waals surface area contributed by atoms with Crippen molar-refractivity contribution in [3.8, 4) is 0 Å². The molecule has 0 aromatic heterocycles. The lowest BCUT2D eigenvalue weighted by Crippen LogP contribution is -2.01. The second-order valence-electron chi connectivity index (χ2n) is 4.56. The molecule has 0 aliphatic rings. The molecule has 0 unspecified atom stereocenters. The number of hydrogen-bond donors (Lipinski definition) is 2. The zero-order valence-electron chi connectivity index (χ0n) is 11.1. The highest BCUT2D eigenvalue weighted by Gasteiger charge is 2.08. The molecule has 104 valence electrons. The summed E-state index contributed by atoms with van der Waals surface area (Å²) in [6.45, 7) is 3.44. The van der Waals surface area contributed by atoms with Gasteiger partial charge in [0.15, 0.2) is 5.78 Å². The van der Waals surface area contributed by atoms with E-state index in [4.69, 9.17) is 17.3 Å². The minimum atomic E-state index is -0.0476. The van der Waals surface area contributed by atoms with Gasteiger partial charge in [-0.3, -0.25) is 4.79 Å². The molecular formula is C15H14BrClN2O. The number of nitrogens with one attached hydrogen (secondary N) is 1. The Morgan fingerprint density at radius 1 is 1.30 bits per heavy atom. The lowest BCUT2D eigenvalue weighted by Gasteiger charge is -2.12. The van der Waals surface area contributed by atoms with Crippen LogP contribution in [0.25, 0.3) is 0 Å². The van der Waals surface area contributed by atoms with Crippen LogP contribution < -0.4 is 11.1 Å². The second-order valence-corrected chi connectivity index (χ2v) is 5.83. The quantitative estimate of drug-likeness (QED) is 0.607. The van der Waals surface area contributed by atoms with E-state index < -0.39 is 0 Å². The minimum Gasteiger partial charge on any atom is -0.398 e. The maximum Gasteiger partial charge on any atom is 0.161 e. The molecule has 0 saturated carbocycles. The third-order valence-electron chi connectivity index (χ3n) is 2.96. The molecule has 0 atom stereocenters. The molecule has 2 aromatic carbocycles. The van der Waals surface area contributed by atoms with E-state index >= 15 is 0 Å². The Hall–Kier alpha value is -1.52. The first kappa shape index (κ1) is 14.9. The summed E-state index contributed by atoms with van der Waals surface area (Å²) in [5, 5.41) is 3.91. The van der Waals surface area contributed by atoms with Crippen molar-refractivity contribution in [2.45, 2.75) is 13.8 Å². The maximum absolute atomic E-state index is 11.3. The van der Waals surface area contributed by atoms with E-state index in [1.165, 1.54) is 6.92 Å². The first-order chi connectivity index (χ1) is 9.38. The van der Waals surface area contributed by atoms with Crippen molar-refractivity contribution < 1.29 is 4.79 Å². The average Bonchev–Trinajstić information content (AvgIpc) is 2.35. The second kappa shape index (κ2) is 5.85.